The summed E-state index contributed by atoms with van der Waals surface area (Å²) >= 11 is 0. The zero-order valence-corrected chi connectivity index (χ0v) is 14.7. The van der Waals surface area contributed by atoms with Gasteiger partial charge in [0.2, 0.25) is 5.91 Å². The highest BCUT2D eigenvalue weighted by Crippen LogP contribution is 2.40. The van der Waals surface area contributed by atoms with Crippen LogP contribution in [-0.4, -0.2) is 28.9 Å². The van der Waals surface area contributed by atoms with Crippen molar-refractivity contribution >= 4 is 11.8 Å². The number of rotatable bonds is 4. The van der Waals surface area contributed by atoms with Crippen molar-refractivity contribution in [3.63, 3.8) is 0 Å². The number of ether oxygens (including phenoxy) is 1. The van der Waals surface area contributed by atoms with Gasteiger partial charge < -0.3 is 4.74 Å². The number of likely N-dealkylation sites (tertiary alicyclic amines) is 1. The van der Waals surface area contributed by atoms with Gasteiger partial charge in [-0.3, -0.25) is 14.5 Å². The normalized spacial score (nSPS) is 25.2. The van der Waals surface area contributed by atoms with Crippen molar-refractivity contribution in [2.45, 2.75) is 44.4 Å². The lowest BCUT2D eigenvalue weighted by molar-refractivity contribution is -0.135. The fraction of sp³-hybridized carbons (Fsp3) is 0.364. The molecule has 1 heterocycles. The quantitative estimate of drug-likeness (QED) is 0.789. The third-order valence-electron chi connectivity index (χ3n) is 5.56. The average Bonchev–Trinajstić information content (AvgIpc) is 3.10. The minimum Gasteiger partial charge on any atom is -0.373 e. The van der Waals surface area contributed by atoms with Gasteiger partial charge in [-0.25, -0.2) is 0 Å². The van der Waals surface area contributed by atoms with E-state index in [-0.39, 0.29) is 29.9 Å². The predicted molar refractivity (Wildman–Crippen MR) is 98.4 cm³/mol. The Labute approximate surface area is 153 Å². The molecule has 1 saturated carbocycles. The van der Waals surface area contributed by atoms with Crippen LogP contribution in [0.2, 0.25) is 0 Å². The number of nitrogens with zero attached hydrogens (tertiary/aromatic N) is 1. The molecule has 0 N–H and O–H groups in total. The minimum absolute atomic E-state index is 0.0373. The number of benzene rings is 2. The monoisotopic (exact) mass is 349 g/mol. The van der Waals surface area contributed by atoms with E-state index in [4.69, 9.17) is 4.74 Å². The second-order valence-electron chi connectivity index (χ2n) is 7.12. The molecule has 1 aliphatic carbocycles. The van der Waals surface area contributed by atoms with Crippen molar-refractivity contribution in [1.82, 2.24) is 4.90 Å². The first-order valence-electron chi connectivity index (χ1n) is 9.31. The maximum absolute atomic E-state index is 12.9. The van der Waals surface area contributed by atoms with E-state index in [0.717, 1.165) is 24.8 Å². The topological polar surface area (TPSA) is 46.6 Å². The van der Waals surface area contributed by atoms with Crippen LogP contribution in [0.15, 0.2) is 60.7 Å². The van der Waals surface area contributed by atoms with E-state index in [1.54, 1.807) is 12.1 Å². The molecule has 0 unspecified atom stereocenters. The Kier molecular flexibility index (Phi) is 4.85. The molecule has 0 aromatic heterocycles. The summed E-state index contributed by atoms with van der Waals surface area (Å²) in [5.74, 6) is 0.0156. The van der Waals surface area contributed by atoms with E-state index < -0.39 is 0 Å². The SMILES string of the molecule is O=C1CC[C@@H]2[C@@H](CC[C@H]2OCc2ccccc2)N1C(=O)c1ccccc1. The van der Waals surface area contributed by atoms with Gasteiger partial charge >= 0.3 is 0 Å². The number of imide groups is 1. The van der Waals surface area contributed by atoms with E-state index in [1.807, 2.05) is 36.4 Å². The van der Waals surface area contributed by atoms with Gasteiger partial charge in [0.25, 0.3) is 5.91 Å². The molecule has 4 heteroatoms. The van der Waals surface area contributed by atoms with Crippen molar-refractivity contribution in [3.8, 4) is 0 Å². The molecule has 2 amide bonds. The van der Waals surface area contributed by atoms with Gasteiger partial charge in [0.15, 0.2) is 0 Å². The van der Waals surface area contributed by atoms with Crippen LogP contribution in [0.1, 0.15) is 41.6 Å². The number of hydrogen-bond donors (Lipinski definition) is 0. The van der Waals surface area contributed by atoms with Crippen LogP contribution in [0.25, 0.3) is 0 Å². The van der Waals surface area contributed by atoms with E-state index in [1.165, 1.54) is 4.90 Å². The summed E-state index contributed by atoms with van der Waals surface area (Å²) in [5.41, 5.74) is 1.73. The molecule has 1 saturated heterocycles. The largest absolute Gasteiger partial charge is 0.373 e. The lowest BCUT2D eigenvalue weighted by Gasteiger charge is -2.37. The Morgan fingerprint density at radius 1 is 0.962 bits per heavy atom. The van der Waals surface area contributed by atoms with Crippen molar-refractivity contribution < 1.29 is 14.3 Å². The molecule has 2 fully saturated rings. The standard InChI is InChI=1S/C22H23NO3/c24-21-14-11-18-19(23(21)22(25)17-9-5-2-6-10-17)12-13-20(18)26-15-16-7-3-1-4-8-16/h1-10,18-20H,11-15H2/t18-,19-,20-/m1/s1. The van der Waals surface area contributed by atoms with Gasteiger partial charge in [0, 0.05) is 23.9 Å². The molecule has 4 nitrogen and oxygen atoms in total. The molecule has 2 aliphatic rings. The molecule has 4 rings (SSSR count). The highest BCUT2D eigenvalue weighted by molar-refractivity contribution is 6.05. The van der Waals surface area contributed by atoms with Crippen molar-refractivity contribution in [3.05, 3.63) is 71.8 Å². The fourth-order valence-corrected chi connectivity index (χ4v) is 4.27. The van der Waals surface area contributed by atoms with Crippen LogP contribution in [0.4, 0.5) is 0 Å². The van der Waals surface area contributed by atoms with E-state index >= 15 is 0 Å². The molecule has 2 aromatic rings. The van der Waals surface area contributed by atoms with Gasteiger partial charge in [-0.05, 0) is 37.0 Å². The Bertz CT molecular complexity index is 774. The van der Waals surface area contributed by atoms with Crippen LogP contribution in [0, 0.1) is 5.92 Å². The van der Waals surface area contributed by atoms with Crippen LogP contribution < -0.4 is 0 Å². The number of carbonyl (C=O) groups excluding carboxylic acids is 2. The third kappa shape index (κ3) is 3.29. The zero-order valence-electron chi connectivity index (χ0n) is 14.7. The third-order valence-corrected chi connectivity index (χ3v) is 5.56. The molecular formula is C22H23NO3. The smallest absolute Gasteiger partial charge is 0.260 e. The van der Waals surface area contributed by atoms with Crippen LogP contribution in [0.3, 0.4) is 0 Å². The Hall–Kier alpha value is -2.46. The summed E-state index contributed by atoms with van der Waals surface area (Å²) < 4.78 is 6.18. The Balaban J connectivity index is 1.47. The summed E-state index contributed by atoms with van der Waals surface area (Å²) in [7, 11) is 0. The van der Waals surface area contributed by atoms with Gasteiger partial charge in [-0.15, -0.1) is 0 Å². The molecule has 26 heavy (non-hydrogen) atoms. The number of amides is 2. The average molecular weight is 349 g/mol. The second-order valence-corrected chi connectivity index (χ2v) is 7.12. The second kappa shape index (κ2) is 7.42. The lowest BCUT2D eigenvalue weighted by Crippen LogP contribution is -2.51. The van der Waals surface area contributed by atoms with Crippen LogP contribution in [-0.2, 0) is 16.1 Å². The van der Waals surface area contributed by atoms with Crippen molar-refractivity contribution in [2.24, 2.45) is 5.92 Å². The molecule has 1 aliphatic heterocycles. The minimum atomic E-state index is -0.172. The Morgan fingerprint density at radius 2 is 1.65 bits per heavy atom. The fourth-order valence-electron chi connectivity index (χ4n) is 4.27. The molecular weight excluding hydrogens is 326 g/mol. The number of carbonyl (C=O) groups is 2. The molecule has 2 aromatic carbocycles. The van der Waals surface area contributed by atoms with Crippen LogP contribution >= 0.6 is 0 Å². The molecule has 3 atom stereocenters. The van der Waals surface area contributed by atoms with Crippen molar-refractivity contribution in [2.75, 3.05) is 0 Å². The maximum Gasteiger partial charge on any atom is 0.260 e. The number of piperidine rings is 1. The summed E-state index contributed by atoms with van der Waals surface area (Å²) in [5, 5.41) is 0. The van der Waals surface area contributed by atoms with E-state index in [0.29, 0.717) is 18.6 Å². The van der Waals surface area contributed by atoms with Gasteiger partial charge in [-0.1, -0.05) is 48.5 Å². The summed E-state index contributed by atoms with van der Waals surface area (Å²) in [6.45, 7) is 0.579. The van der Waals surface area contributed by atoms with Gasteiger partial charge in [0.05, 0.1) is 12.7 Å². The summed E-state index contributed by atoms with van der Waals surface area (Å²) in [6, 6.07) is 19.2. The molecule has 0 bridgehead atoms. The highest BCUT2D eigenvalue weighted by atomic mass is 16.5. The number of fused-ring (bicyclic) bond motifs is 1. The predicted octanol–water partition coefficient (Wildman–Crippen LogP) is 3.81. The molecule has 134 valence electrons. The van der Waals surface area contributed by atoms with Crippen molar-refractivity contribution in [1.29, 1.82) is 0 Å². The molecule has 0 spiro atoms. The lowest BCUT2D eigenvalue weighted by atomic mass is 9.89. The first-order chi connectivity index (χ1) is 12.7. The molecule has 0 radical (unpaired) electrons. The number of hydrogen-bond acceptors (Lipinski definition) is 3. The van der Waals surface area contributed by atoms with E-state index in [2.05, 4.69) is 12.1 Å². The van der Waals surface area contributed by atoms with Gasteiger partial charge in [-0.2, -0.15) is 0 Å². The van der Waals surface area contributed by atoms with E-state index in [9.17, 15) is 9.59 Å². The first-order valence-corrected chi connectivity index (χ1v) is 9.31. The maximum atomic E-state index is 12.9. The Morgan fingerprint density at radius 3 is 2.38 bits per heavy atom. The summed E-state index contributed by atoms with van der Waals surface area (Å²) in [6.07, 6.45) is 3.06. The zero-order chi connectivity index (χ0) is 17.9. The first kappa shape index (κ1) is 17.0. The highest BCUT2D eigenvalue weighted by Gasteiger charge is 2.47. The van der Waals surface area contributed by atoms with Crippen LogP contribution in [0.5, 0.6) is 0 Å². The summed E-state index contributed by atoms with van der Waals surface area (Å²) in [4.78, 5) is 26.9. The van der Waals surface area contributed by atoms with Gasteiger partial charge in [0.1, 0.15) is 0 Å².